The fraction of sp³-hybridized carbons (Fsp3) is 0.368. The maximum absolute atomic E-state index is 12.2. The van der Waals surface area contributed by atoms with E-state index in [-0.39, 0.29) is 42.5 Å². The number of rotatable bonds is 7. The summed E-state index contributed by atoms with van der Waals surface area (Å²) in [5, 5.41) is 17.1. The molecule has 0 saturated carbocycles. The number of aliphatic hydroxyl groups excluding tert-OH is 1. The van der Waals surface area contributed by atoms with E-state index in [0.29, 0.717) is 0 Å². The van der Waals surface area contributed by atoms with E-state index in [2.05, 4.69) is 79.8 Å². The minimum atomic E-state index is -1.89. The second-order valence-corrected chi connectivity index (χ2v) is 18.4. The van der Waals surface area contributed by atoms with Gasteiger partial charge in [0.15, 0.2) is 5.78 Å². The molecule has 5 aromatic rings. The van der Waals surface area contributed by atoms with Gasteiger partial charge < -0.3 is 5.11 Å². The van der Waals surface area contributed by atoms with Crippen molar-refractivity contribution in [1.29, 1.82) is 0 Å². The Morgan fingerprint density at radius 2 is 1.52 bits per heavy atom. The summed E-state index contributed by atoms with van der Waals surface area (Å²) in [6.07, 6.45) is 4.75. The number of carbonyl (C=O) groups is 1. The first-order chi connectivity index (χ1) is 20.4. The van der Waals surface area contributed by atoms with E-state index in [1.165, 1.54) is 47.6 Å². The largest absolute Gasteiger partial charge is 0.512 e. The minimum Gasteiger partial charge on any atom is -0.512 e. The van der Waals surface area contributed by atoms with Gasteiger partial charge in [-0.2, -0.15) is 11.3 Å². The Kier molecular flexibility index (Phi) is 10.1. The molecule has 0 bridgehead atoms. The van der Waals surface area contributed by atoms with Gasteiger partial charge in [0, 0.05) is 41.7 Å². The van der Waals surface area contributed by atoms with Gasteiger partial charge >= 0.3 is 0 Å². The van der Waals surface area contributed by atoms with Gasteiger partial charge in [-0.25, -0.2) is 0 Å². The average molecular weight is 799 g/mol. The van der Waals surface area contributed by atoms with Crippen molar-refractivity contribution in [1.82, 2.24) is 4.98 Å². The zero-order valence-electron chi connectivity index (χ0n) is 27.2. The van der Waals surface area contributed by atoms with Crippen LogP contribution >= 0.6 is 11.3 Å². The van der Waals surface area contributed by atoms with E-state index < -0.39 is 8.07 Å². The smallest absolute Gasteiger partial charge is 0.164 e. The van der Waals surface area contributed by atoms with Crippen molar-refractivity contribution in [3.8, 4) is 11.3 Å². The monoisotopic (exact) mass is 799 g/mol. The van der Waals surface area contributed by atoms with E-state index in [1.807, 2.05) is 52.9 Å². The summed E-state index contributed by atoms with van der Waals surface area (Å²) in [4.78, 5) is 17.3. The number of hydrogen-bond donors (Lipinski definition) is 1. The fourth-order valence-corrected chi connectivity index (χ4v) is 10.3. The maximum atomic E-state index is 12.2. The fourth-order valence-electron chi connectivity index (χ4n) is 6.12. The molecule has 44 heavy (non-hydrogen) atoms. The SMILES string of the molecule is CCC(C)(CC)C(=O)/C=C(\O)C(C)(CC)CC.C[Si]1(C)c2cc3ccccc3nc2-c2[c-]ccc3sc4cccc1c4c23.[Ir]. The van der Waals surface area contributed by atoms with Crippen LogP contribution < -0.4 is 10.4 Å². The van der Waals surface area contributed by atoms with Gasteiger partial charge in [0.1, 0.15) is 13.8 Å². The molecule has 0 saturated heterocycles. The van der Waals surface area contributed by atoms with E-state index in [9.17, 15) is 9.90 Å². The predicted octanol–water partition coefficient (Wildman–Crippen LogP) is 9.85. The van der Waals surface area contributed by atoms with Gasteiger partial charge in [-0.1, -0.05) is 107 Å². The number of hydrogen-bond acceptors (Lipinski definition) is 4. The van der Waals surface area contributed by atoms with Gasteiger partial charge in [0.25, 0.3) is 0 Å². The number of pyridine rings is 1. The first-order valence-corrected chi connectivity index (χ1v) is 19.5. The predicted molar refractivity (Wildman–Crippen MR) is 189 cm³/mol. The van der Waals surface area contributed by atoms with Crippen molar-refractivity contribution in [2.24, 2.45) is 10.8 Å². The first kappa shape index (κ1) is 34.2. The molecule has 0 spiro atoms. The molecule has 1 radical (unpaired) electrons. The Balaban J connectivity index is 0.000000218. The van der Waals surface area contributed by atoms with Crippen LogP contribution in [0.15, 0.2) is 72.5 Å². The van der Waals surface area contributed by atoms with E-state index in [0.717, 1.165) is 36.9 Å². The zero-order chi connectivity index (χ0) is 31.2. The van der Waals surface area contributed by atoms with Crippen LogP contribution in [0.3, 0.4) is 0 Å². The molecule has 233 valence electrons. The Morgan fingerprint density at radius 1 is 0.886 bits per heavy atom. The van der Waals surface area contributed by atoms with Crippen LogP contribution in [0.4, 0.5) is 0 Å². The number of carbonyl (C=O) groups excluding carboxylic acids is 1. The van der Waals surface area contributed by atoms with Gasteiger partial charge in [0.2, 0.25) is 0 Å². The third-order valence-corrected chi connectivity index (χ3v) is 15.0. The Morgan fingerprint density at radius 3 is 2.18 bits per heavy atom. The van der Waals surface area contributed by atoms with Gasteiger partial charge in [-0.05, 0) is 59.0 Å². The summed E-state index contributed by atoms with van der Waals surface area (Å²) in [6, 6.07) is 25.5. The summed E-state index contributed by atoms with van der Waals surface area (Å²) in [7, 11) is -1.89. The Hall–Kier alpha value is -2.63. The summed E-state index contributed by atoms with van der Waals surface area (Å²) in [5.74, 6) is 0.286. The molecule has 0 amide bonds. The number of nitrogens with zero attached hydrogens (tertiary/aromatic N) is 1. The van der Waals surface area contributed by atoms with Gasteiger partial charge in [-0.15, -0.1) is 23.8 Å². The van der Waals surface area contributed by atoms with E-state index >= 15 is 0 Å². The molecule has 1 N–H and O–H groups in total. The molecule has 0 aliphatic carbocycles. The Labute approximate surface area is 281 Å². The summed E-state index contributed by atoms with van der Waals surface area (Å²) >= 11 is 1.89. The third-order valence-electron chi connectivity index (χ3n) is 10.4. The molecule has 0 unspecified atom stereocenters. The Bertz CT molecular complexity index is 1860. The normalized spacial score (nSPS) is 14.1. The second kappa shape index (κ2) is 13.0. The molecule has 1 aliphatic rings. The molecule has 3 heterocycles. The minimum absolute atomic E-state index is 0. The standard InChI is InChI=1S/C23H16NSSi.C15H28O2.Ir/c1-26(2)19-12-6-11-18-22(19)21-15(8-5-10-17(21)25-18)23-20(26)13-14-7-3-4-9-16(14)24-23;1-7-14(5,8-2)12(16)11-13(17)15(6,9-3)10-4;/h3-7,9-13H,1-2H3;11,16H,7-10H2,1-6H3;/q-1;;/b;12-11-;. The molecule has 0 fully saturated rings. The van der Waals surface area contributed by atoms with Crippen molar-refractivity contribution in [3.63, 3.8) is 0 Å². The number of allylic oxidation sites excluding steroid dienone is 2. The number of benzene rings is 3. The van der Waals surface area contributed by atoms with Crippen LogP contribution in [0.5, 0.6) is 0 Å². The molecular weight excluding hydrogens is 755 g/mol. The number of fused-ring (bicyclic) bond motifs is 3. The number of thiophene rings is 1. The van der Waals surface area contributed by atoms with Gasteiger partial charge in [-0.3, -0.25) is 9.78 Å². The summed E-state index contributed by atoms with van der Waals surface area (Å²) in [5.41, 5.74) is 2.79. The van der Waals surface area contributed by atoms with Crippen LogP contribution in [-0.4, -0.2) is 23.9 Å². The zero-order valence-corrected chi connectivity index (χ0v) is 31.4. The van der Waals surface area contributed by atoms with Crippen molar-refractivity contribution in [2.45, 2.75) is 80.3 Å². The second-order valence-electron chi connectivity index (χ2n) is 13.0. The van der Waals surface area contributed by atoms with Gasteiger partial charge in [0.05, 0.1) is 5.52 Å². The van der Waals surface area contributed by atoms with E-state index in [4.69, 9.17) is 4.98 Å². The van der Waals surface area contributed by atoms with Crippen molar-refractivity contribution >= 4 is 66.6 Å². The molecule has 2 aromatic heterocycles. The van der Waals surface area contributed by atoms with Crippen LogP contribution in [0.2, 0.25) is 13.1 Å². The maximum Gasteiger partial charge on any atom is 0.164 e. The molecule has 3 aromatic carbocycles. The van der Waals surface area contributed by atoms with Crippen molar-refractivity contribution in [2.75, 3.05) is 0 Å². The van der Waals surface area contributed by atoms with Crippen LogP contribution in [-0.2, 0) is 24.9 Å². The first-order valence-electron chi connectivity index (χ1n) is 15.7. The third kappa shape index (κ3) is 5.75. The molecular formula is C38H44IrNO2SSi-. The van der Waals surface area contributed by atoms with Crippen molar-refractivity contribution in [3.05, 3.63) is 78.6 Å². The molecule has 1 aliphatic heterocycles. The van der Waals surface area contributed by atoms with Crippen LogP contribution in [0, 0.1) is 16.9 Å². The molecule has 3 nitrogen and oxygen atoms in total. The van der Waals surface area contributed by atoms with E-state index in [1.54, 1.807) is 0 Å². The molecule has 6 heteroatoms. The molecule has 6 rings (SSSR count). The topological polar surface area (TPSA) is 50.2 Å². The summed E-state index contributed by atoms with van der Waals surface area (Å²) in [6.45, 7) is 17.0. The summed E-state index contributed by atoms with van der Waals surface area (Å²) < 4.78 is 2.73. The molecule has 0 atom stereocenters. The number of aliphatic hydroxyl groups is 1. The quantitative estimate of drug-likeness (QED) is 0.0773. The van der Waals surface area contributed by atoms with Crippen LogP contribution in [0.25, 0.3) is 42.3 Å². The number of para-hydroxylation sites is 1. The number of aromatic nitrogens is 1. The average Bonchev–Trinajstić information content (AvgIpc) is 3.39. The van der Waals surface area contributed by atoms with Crippen molar-refractivity contribution < 1.29 is 30.0 Å². The van der Waals surface area contributed by atoms with Crippen LogP contribution in [0.1, 0.15) is 67.2 Å². The number of ketones is 1.